The van der Waals surface area contributed by atoms with Gasteiger partial charge in [-0.1, -0.05) is 0 Å². The highest BCUT2D eigenvalue weighted by molar-refractivity contribution is 5.61. The number of aryl methyl sites for hydroxylation is 1. The SMILES string of the molecule is Cc1[nH]nc2c1[C@@H](c1ccc(-c3ccc([N+](=O)[O-])cc3)o1)C(C#N)=C(N)O2. The van der Waals surface area contributed by atoms with Crippen LogP contribution in [0.25, 0.3) is 11.3 Å². The molecule has 0 saturated heterocycles. The number of nitro benzene ring substituents is 1. The monoisotopic (exact) mass is 363 g/mol. The number of hydrogen-bond donors (Lipinski definition) is 2. The number of rotatable bonds is 3. The number of H-pyrrole nitrogens is 1. The van der Waals surface area contributed by atoms with Crippen LogP contribution in [0.15, 0.2) is 52.3 Å². The van der Waals surface area contributed by atoms with Gasteiger partial charge >= 0.3 is 0 Å². The van der Waals surface area contributed by atoms with Crippen molar-refractivity contribution in [3.05, 3.63) is 75.0 Å². The lowest BCUT2D eigenvalue weighted by Gasteiger charge is -2.21. The first kappa shape index (κ1) is 16.4. The van der Waals surface area contributed by atoms with E-state index in [1.54, 1.807) is 24.3 Å². The molecule has 9 nitrogen and oxygen atoms in total. The van der Waals surface area contributed by atoms with Gasteiger partial charge in [-0.25, -0.2) is 0 Å². The Morgan fingerprint density at radius 2 is 2.04 bits per heavy atom. The van der Waals surface area contributed by atoms with Crippen molar-refractivity contribution in [3.63, 3.8) is 0 Å². The minimum Gasteiger partial charge on any atom is -0.460 e. The van der Waals surface area contributed by atoms with Crippen LogP contribution in [0.5, 0.6) is 5.88 Å². The second-order valence-corrected chi connectivity index (χ2v) is 6.00. The van der Waals surface area contributed by atoms with Gasteiger partial charge in [0.05, 0.1) is 16.4 Å². The number of nitro groups is 1. The van der Waals surface area contributed by atoms with E-state index in [9.17, 15) is 15.4 Å². The molecule has 1 aliphatic heterocycles. The number of nitriles is 1. The Bertz CT molecular complexity index is 1120. The van der Waals surface area contributed by atoms with Gasteiger partial charge in [-0.2, -0.15) is 5.26 Å². The van der Waals surface area contributed by atoms with Crippen molar-refractivity contribution in [2.45, 2.75) is 12.8 Å². The summed E-state index contributed by atoms with van der Waals surface area (Å²) in [5, 5.41) is 27.2. The molecule has 0 radical (unpaired) electrons. The van der Waals surface area contributed by atoms with Crippen LogP contribution >= 0.6 is 0 Å². The van der Waals surface area contributed by atoms with Gasteiger partial charge in [0.1, 0.15) is 23.2 Å². The summed E-state index contributed by atoms with van der Waals surface area (Å²) in [5.41, 5.74) is 8.21. The quantitative estimate of drug-likeness (QED) is 0.537. The first-order valence-corrected chi connectivity index (χ1v) is 7.96. The molecular formula is C18H13N5O4. The Morgan fingerprint density at radius 3 is 2.70 bits per heavy atom. The van der Waals surface area contributed by atoms with Crippen molar-refractivity contribution < 1.29 is 14.1 Å². The number of aromatic nitrogens is 2. The molecule has 4 rings (SSSR count). The number of ether oxygens (including phenoxy) is 1. The van der Waals surface area contributed by atoms with Crippen LogP contribution < -0.4 is 10.5 Å². The summed E-state index contributed by atoms with van der Waals surface area (Å²) in [6.07, 6.45) is 0. The summed E-state index contributed by atoms with van der Waals surface area (Å²) < 4.78 is 11.4. The fourth-order valence-electron chi connectivity index (χ4n) is 3.09. The van der Waals surface area contributed by atoms with Crippen molar-refractivity contribution in [2.24, 2.45) is 5.73 Å². The topological polar surface area (TPSA) is 144 Å². The third kappa shape index (κ3) is 2.60. The van der Waals surface area contributed by atoms with E-state index in [1.807, 2.05) is 6.92 Å². The van der Waals surface area contributed by atoms with Gasteiger partial charge in [0.15, 0.2) is 0 Å². The normalized spacial score (nSPS) is 15.8. The van der Waals surface area contributed by atoms with Crippen molar-refractivity contribution >= 4 is 5.69 Å². The maximum Gasteiger partial charge on any atom is 0.269 e. The Morgan fingerprint density at radius 1 is 1.30 bits per heavy atom. The number of nitrogens with zero attached hydrogens (tertiary/aromatic N) is 3. The molecule has 2 aromatic heterocycles. The highest BCUT2D eigenvalue weighted by atomic mass is 16.6. The van der Waals surface area contributed by atoms with Crippen LogP contribution in [0, 0.1) is 28.4 Å². The number of hydrogen-bond acceptors (Lipinski definition) is 7. The van der Waals surface area contributed by atoms with Crippen LogP contribution in [0.1, 0.15) is 22.9 Å². The molecule has 1 atom stereocenters. The summed E-state index contributed by atoms with van der Waals surface area (Å²) in [7, 11) is 0. The lowest BCUT2D eigenvalue weighted by atomic mass is 9.88. The number of allylic oxidation sites excluding steroid dienone is 1. The van der Waals surface area contributed by atoms with E-state index >= 15 is 0 Å². The second kappa shape index (κ2) is 6.03. The maximum atomic E-state index is 10.8. The summed E-state index contributed by atoms with van der Waals surface area (Å²) in [6, 6.07) is 11.6. The predicted octanol–water partition coefficient (Wildman–Crippen LogP) is 3.10. The molecule has 0 amide bonds. The number of non-ortho nitro benzene ring substituents is 1. The fourth-order valence-corrected chi connectivity index (χ4v) is 3.09. The van der Waals surface area contributed by atoms with Gasteiger partial charge in [0.2, 0.25) is 11.8 Å². The van der Waals surface area contributed by atoms with Crippen molar-refractivity contribution in [2.75, 3.05) is 0 Å². The smallest absolute Gasteiger partial charge is 0.269 e. The first-order chi connectivity index (χ1) is 13.0. The number of nitrogens with two attached hydrogens (primary N) is 1. The minimum absolute atomic E-state index is 0.00361. The van der Waals surface area contributed by atoms with Crippen molar-refractivity contribution in [1.29, 1.82) is 5.26 Å². The van der Waals surface area contributed by atoms with E-state index in [4.69, 9.17) is 14.9 Å². The molecular weight excluding hydrogens is 350 g/mol. The van der Waals surface area contributed by atoms with Crippen molar-refractivity contribution in [1.82, 2.24) is 10.2 Å². The van der Waals surface area contributed by atoms with Crippen molar-refractivity contribution in [3.8, 4) is 23.3 Å². The standard InChI is InChI=1S/C18H13N5O4/c1-9-15-16(12(8-19)17(20)27-18(15)22-21-9)14-7-6-13(26-14)10-2-4-11(5-3-10)23(24)25/h2-7,16H,20H2,1H3,(H,21,22)/t16-/m1/s1. The highest BCUT2D eigenvalue weighted by Gasteiger charge is 2.36. The average molecular weight is 363 g/mol. The van der Waals surface area contributed by atoms with Gasteiger partial charge in [-0.15, -0.1) is 5.10 Å². The van der Waals surface area contributed by atoms with Crippen LogP contribution in [-0.2, 0) is 0 Å². The summed E-state index contributed by atoms with van der Waals surface area (Å²) >= 11 is 0. The molecule has 3 aromatic rings. The van der Waals surface area contributed by atoms with Gasteiger partial charge in [0, 0.05) is 23.4 Å². The zero-order chi connectivity index (χ0) is 19.1. The molecule has 27 heavy (non-hydrogen) atoms. The Kier molecular flexibility index (Phi) is 3.67. The largest absolute Gasteiger partial charge is 0.460 e. The highest BCUT2D eigenvalue weighted by Crippen LogP contribution is 2.43. The first-order valence-electron chi connectivity index (χ1n) is 7.96. The van der Waals surface area contributed by atoms with Crippen LogP contribution in [0.3, 0.4) is 0 Å². The third-order valence-corrected chi connectivity index (χ3v) is 4.40. The molecule has 134 valence electrons. The van der Waals surface area contributed by atoms with Gasteiger partial charge in [-0.05, 0) is 31.2 Å². The van der Waals surface area contributed by atoms with Gasteiger partial charge in [-0.3, -0.25) is 15.2 Å². The van der Waals surface area contributed by atoms with Gasteiger partial charge in [0.25, 0.3) is 5.69 Å². The molecule has 9 heteroatoms. The van der Waals surface area contributed by atoms with E-state index in [0.717, 1.165) is 5.69 Å². The number of benzene rings is 1. The van der Waals surface area contributed by atoms with Crippen LogP contribution in [-0.4, -0.2) is 15.1 Å². The molecule has 3 heterocycles. The lowest BCUT2D eigenvalue weighted by molar-refractivity contribution is -0.384. The zero-order valence-corrected chi connectivity index (χ0v) is 14.1. The molecule has 3 N–H and O–H groups in total. The number of furan rings is 1. The summed E-state index contributed by atoms with van der Waals surface area (Å²) in [4.78, 5) is 10.3. The fraction of sp³-hybridized carbons (Fsp3) is 0.111. The molecule has 0 saturated carbocycles. The molecule has 0 unspecified atom stereocenters. The molecule has 1 aromatic carbocycles. The molecule has 1 aliphatic rings. The predicted molar refractivity (Wildman–Crippen MR) is 93.4 cm³/mol. The third-order valence-electron chi connectivity index (χ3n) is 4.40. The Hall–Kier alpha value is -4.06. The molecule has 0 aliphatic carbocycles. The number of nitrogens with one attached hydrogen (secondary N) is 1. The minimum atomic E-state index is -0.552. The number of fused-ring (bicyclic) bond motifs is 1. The van der Waals surface area contributed by atoms with E-state index in [1.165, 1.54) is 12.1 Å². The van der Waals surface area contributed by atoms with Gasteiger partial charge < -0.3 is 14.9 Å². The molecule has 0 spiro atoms. The summed E-state index contributed by atoms with van der Waals surface area (Å²) in [6.45, 7) is 1.82. The maximum absolute atomic E-state index is 10.8. The zero-order valence-electron chi connectivity index (χ0n) is 14.1. The molecule has 0 bridgehead atoms. The van der Waals surface area contributed by atoms with E-state index < -0.39 is 10.8 Å². The molecule has 0 fully saturated rings. The Balaban J connectivity index is 1.77. The average Bonchev–Trinajstić information content (AvgIpc) is 3.28. The summed E-state index contributed by atoms with van der Waals surface area (Å²) in [5.74, 6) is 0.753. The Labute approximate surface area is 152 Å². The number of aromatic amines is 1. The van der Waals surface area contributed by atoms with E-state index in [-0.39, 0.29) is 17.1 Å². The second-order valence-electron chi connectivity index (χ2n) is 6.00. The van der Waals surface area contributed by atoms with Crippen LogP contribution in [0.2, 0.25) is 0 Å². The van der Waals surface area contributed by atoms with Crippen LogP contribution in [0.4, 0.5) is 5.69 Å². The van der Waals surface area contributed by atoms with E-state index in [2.05, 4.69) is 16.3 Å². The van der Waals surface area contributed by atoms with E-state index in [0.29, 0.717) is 28.5 Å². The lowest BCUT2D eigenvalue weighted by Crippen LogP contribution is -2.20.